The molecule has 216 valence electrons. The Hall–Kier alpha value is -3.20. The number of nitrogens with zero attached hydrogens (tertiary/aromatic N) is 3. The van der Waals surface area contributed by atoms with E-state index in [4.69, 9.17) is 0 Å². The molecule has 2 aromatic heterocycles. The number of hydrogen-bond donors (Lipinski definition) is 1. The number of hydrogen-bond acceptors (Lipinski definition) is 5. The van der Waals surface area contributed by atoms with Gasteiger partial charge in [0.2, 0.25) is 5.43 Å². The first kappa shape index (κ1) is 26.7. The summed E-state index contributed by atoms with van der Waals surface area (Å²) < 4.78 is 45.0. The first-order valence-corrected chi connectivity index (χ1v) is 14.7. The number of alkyl halides is 1. The number of piperidine rings is 1. The minimum absolute atomic E-state index is 0.00495. The van der Waals surface area contributed by atoms with E-state index in [1.807, 2.05) is 4.90 Å². The molecule has 1 aromatic carbocycles. The Morgan fingerprint density at radius 3 is 2.27 bits per heavy atom. The van der Waals surface area contributed by atoms with E-state index < -0.39 is 29.3 Å². The summed E-state index contributed by atoms with van der Waals surface area (Å²) in [5.74, 6) is 0.633. The largest absolute Gasteiger partial charge is 0.393 e. The number of aliphatic hydroxyl groups excluding tert-OH is 1. The van der Waals surface area contributed by atoms with E-state index in [-0.39, 0.29) is 46.3 Å². The van der Waals surface area contributed by atoms with Crippen molar-refractivity contribution in [3.8, 4) is 5.69 Å². The molecule has 3 aromatic rings. The summed E-state index contributed by atoms with van der Waals surface area (Å²) in [5, 5.41) is 9.55. The van der Waals surface area contributed by atoms with Crippen molar-refractivity contribution in [2.45, 2.75) is 63.5 Å². The highest BCUT2D eigenvalue weighted by Crippen LogP contribution is 2.61. The second-order valence-corrected chi connectivity index (χ2v) is 13.2. The van der Waals surface area contributed by atoms with Crippen LogP contribution in [0.15, 0.2) is 41.3 Å². The summed E-state index contributed by atoms with van der Waals surface area (Å²) in [6.07, 6.45) is 8.74. The molecule has 1 saturated heterocycles. The summed E-state index contributed by atoms with van der Waals surface area (Å²) in [6, 6.07) is 6.41. The topological polar surface area (TPSA) is 75.4 Å². The zero-order chi connectivity index (χ0) is 28.5. The SMILES string of the molecule is O=C(CC12CC3CC(CC(C3)C1)C2)c1cn(-c2ccc(F)cc2F)c2nc(N3CCC(F)(CO)CC3)ccc2c1=O. The van der Waals surface area contributed by atoms with Crippen LogP contribution < -0.4 is 10.3 Å². The van der Waals surface area contributed by atoms with Crippen molar-refractivity contribution in [1.29, 1.82) is 0 Å². The van der Waals surface area contributed by atoms with Gasteiger partial charge >= 0.3 is 0 Å². The molecule has 0 spiro atoms. The smallest absolute Gasteiger partial charge is 0.201 e. The van der Waals surface area contributed by atoms with Gasteiger partial charge in [-0.3, -0.25) is 14.2 Å². The molecule has 41 heavy (non-hydrogen) atoms. The maximum atomic E-state index is 15.1. The van der Waals surface area contributed by atoms with Crippen LogP contribution in [0.5, 0.6) is 0 Å². The fraction of sp³-hybridized carbons (Fsp3) is 0.531. The number of carbonyl (C=O) groups is 1. The standard InChI is InChI=1S/C32H34F3N3O3/c33-22-1-3-26(25(34)12-22)38-17-24(27(40)16-31-13-19-9-20(14-31)11-21(10-19)15-31)29(41)23-2-4-28(36-30(23)38)37-7-5-32(35,18-39)6-8-37/h1-4,12,17,19-21,39H,5-11,13-16,18H2. The molecule has 1 N–H and O–H groups in total. The average Bonchev–Trinajstić information content (AvgIpc) is 2.93. The number of halogens is 3. The fourth-order valence-corrected chi connectivity index (χ4v) is 8.67. The number of anilines is 1. The van der Waals surface area contributed by atoms with Crippen molar-refractivity contribution in [3.63, 3.8) is 0 Å². The van der Waals surface area contributed by atoms with Crippen molar-refractivity contribution in [2.24, 2.45) is 23.2 Å². The lowest BCUT2D eigenvalue weighted by Crippen LogP contribution is -2.47. The quantitative estimate of drug-likeness (QED) is 0.385. The number of Topliss-reactive ketones (excluding diaryl/α,β-unsaturated/α-hetero) is 1. The molecule has 0 unspecified atom stereocenters. The summed E-state index contributed by atoms with van der Waals surface area (Å²) in [6.45, 7) is 0.0775. The number of benzene rings is 1. The van der Waals surface area contributed by atoms with Crippen LogP contribution in [0.3, 0.4) is 0 Å². The molecule has 4 bridgehead atoms. The Balaban J connectivity index is 1.30. The second kappa shape index (κ2) is 9.68. The number of aliphatic hydroxyl groups is 1. The molecule has 9 heteroatoms. The Morgan fingerprint density at radius 2 is 1.66 bits per heavy atom. The highest BCUT2D eigenvalue weighted by molar-refractivity contribution is 5.99. The first-order valence-electron chi connectivity index (χ1n) is 14.7. The molecule has 3 heterocycles. The average molecular weight is 566 g/mol. The number of ketones is 1. The van der Waals surface area contributed by atoms with E-state index in [1.54, 1.807) is 12.1 Å². The maximum Gasteiger partial charge on any atom is 0.201 e. The van der Waals surface area contributed by atoms with Crippen molar-refractivity contribution < 1.29 is 23.1 Å². The monoisotopic (exact) mass is 565 g/mol. The van der Waals surface area contributed by atoms with Gasteiger partial charge in [0, 0.05) is 44.6 Å². The molecular weight excluding hydrogens is 531 g/mol. The molecule has 1 aliphatic heterocycles. The van der Waals surface area contributed by atoms with E-state index >= 15 is 4.39 Å². The number of aromatic nitrogens is 2. The van der Waals surface area contributed by atoms with Crippen LogP contribution in [0.4, 0.5) is 19.0 Å². The van der Waals surface area contributed by atoms with Crippen LogP contribution in [-0.4, -0.2) is 45.8 Å². The molecule has 0 radical (unpaired) electrons. The van der Waals surface area contributed by atoms with Gasteiger partial charge in [-0.2, -0.15) is 0 Å². The molecule has 6 nitrogen and oxygen atoms in total. The summed E-state index contributed by atoms with van der Waals surface area (Å²) >= 11 is 0. The molecule has 8 rings (SSSR count). The van der Waals surface area contributed by atoms with Gasteiger partial charge in [-0.05, 0) is 86.0 Å². The van der Waals surface area contributed by atoms with Crippen molar-refractivity contribution in [2.75, 3.05) is 24.6 Å². The van der Waals surface area contributed by atoms with Gasteiger partial charge in [0.05, 0.1) is 23.2 Å². The number of carbonyl (C=O) groups excluding carboxylic acids is 1. The fourth-order valence-electron chi connectivity index (χ4n) is 8.67. The molecule has 4 aliphatic carbocycles. The van der Waals surface area contributed by atoms with Crippen LogP contribution in [0.1, 0.15) is 68.1 Å². The highest BCUT2D eigenvalue weighted by atomic mass is 19.1. The Kier molecular flexibility index (Phi) is 6.30. The lowest BCUT2D eigenvalue weighted by molar-refractivity contribution is -0.0524. The van der Waals surface area contributed by atoms with Crippen LogP contribution in [0.2, 0.25) is 0 Å². The van der Waals surface area contributed by atoms with Crippen LogP contribution >= 0.6 is 0 Å². The van der Waals surface area contributed by atoms with Crippen molar-refractivity contribution >= 4 is 22.6 Å². The van der Waals surface area contributed by atoms with Crippen molar-refractivity contribution in [1.82, 2.24) is 9.55 Å². The van der Waals surface area contributed by atoms with E-state index in [1.165, 1.54) is 36.1 Å². The third kappa shape index (κ3) is 4.66. The normalized spacial score (nSPS) is 28.4. The van der Waals surface area contributed by atoms with Crippen molar-refractivity contribution in [3.05, 3.63) is 63.9 Å². The molecular formula is C32H34F3N3O3. The van der Waals surface area contributed by atoms with Crippen LogP contribution in [0, 0.1) is 34.8 Å². The van der Waals surface area contributed by atoms with Gasteiger partial charge in [-0.1, -0.05) is 0 Å². The van der Waals surface area contributed by atoms with Gasteiger partial charge in [0.1, 0.15) is 23.1 Å². The van der Waals surface area contributed by atoms with Gasteiger partial charge < -0.3 is 10.0 Å². The molecule has 0 atom stereocenters. The highest BCUT2D eigenvalue weighted by Gasteiger charge is 2.51. The first-order chi connectivity index (χ1) is 19.6. The summed E-state index contributed by atoms with van der Waals surface area (Å²) in [7, 11) is 0. The minimum Gasteiger partial charge on any atom is -0.393 e. The second-order valence-electron chi connectivity index (χ2n) is 13.2. The third-order valence-electron chi connectivity index (χ3n) is 10.3. The predicted octanol–water partition coefficient (Wildman–Crippen LogP) is 5.75. The van der Waals surface area contributed by atoms with Gasteiger partial charge in [-0.25, -0.2) is 18.2 Å². The molecule has 5 fully saturated rings. The maximum absolute atomic E-state index is 15.1. The van der Waals surface area contributed by atoms with E-state index in [0.717, 1.165) is 31.4 Å². The molecule has 0 amide bonds. The number of pyridine rings is 2. The summed E-state index contributed by atoms with van der Waals surface area (Å²) in [4.78, 5) is 34.2. The Morgan fingerprint density at radius 1 is 1.00 bits per heavy atom. The van der Waals surface area contributed by atoms with Gasteiger partial charge in [0.15, 0.2) is 11.4 Å². The van der Waals surface area contributed by atoms with Gasteiger partial charge in [-0.15, -0.1) is 0 Å². The Labute approximate surface area is 236 Å². The van der Waals surface area contributed by atoms with Crippen LogP contribution in [-0.2, 0) is 0 Å². The van der Waals surface area contributed by atoms with E-state index in [9.17, 15) is 23.5 Å². The number of rotatable bonds is 6. The van der Waals surface area contributed by atoms with E-state index in [0.29, 0.717) is 43.1 Å². The van der Waals surface area contributed by atoms with Gasteiger partial charge in [0.25, 0.3) is 0 Å². The zero-order valence-electron chi connectivity index (χ0n) is 22.9. The van der Waals surface area contributed by atoms with Crippen LogP contribution in [0.25, 0.3) is 16.7 Å². The predicted molar refractivity (Wildman–Crippen MR) is 149 cm³/mol. The summed E-state index contributed by atoms with van der Waals surface area (Å²) in [5.41, 5.74) is -2.05. The molecule has 4 saturated carbocycles. The third-order valence-corrected chi connectivity index (χ3v) is 10.3. The Bertz CT molecular complexity index is 1560. The lowest BCUT2D eigenvalue weighted by Gasteiger charge is -2.56. The lowest BCUT2D eigenvalue weighted by atomic mass is 9.48. The zero-order valence-corrected chi connectivity index (χ0v) is 22.9. The minimum atomic E-state index is -1.64. The number of fused-ring (bicyclic) bond motifs is 1. The van der Waals surface area contributed by atoms with E-state index in [2.05, 4.69) is 4.98 Å². The molecule has 5 aliphatic rings.